The maximum absolute atomic E-state index is 12.3. The Balaban J connectivity index is 1.83. The first-order valence-electron chi connectivity index (χ1n) is 10.4. The van der Waals surface area contributed by atoms with Crippen molar-refractivity contribution in [2.75, 3.05) is 18.1 Å². The molecule has 0 fully saturated rings. The number of ether oxygens (including phenoxy) is 2. The van der Waals surface area contributed by atoms with Crippen LogP contribution in [0.1, 0.15) is 28.7 Å². The third-order valence-corrected chi connectivity index (χ3v) is 5.95. The van der Waals surface area contributed by atoms with Crippen LogP contribution < -0.4 is 16.2 Å². The molecule has 0 bridgehead atoms. The van der Waals surface area contributed by atoms with Crippen LogP contribution >= 0.6 is 0 Å². The Morgan fingerprint density at radius 1 is 0.781 bits per heavy atom. The zero-order valence-corrected chi connectivity index (χ0v) is 17.3. The highest BCUT2D eigenvalue weighted by Crippen LogP contribution is 2.54. The summed E-state index contributed by atoms with van der Waals surface area (Å²) in [7, 11) is 0. The highest BCUT2D eigenvalue weighted by molar-refractivity contribution is 6.41. The first-order chi connectivity index (χ1) is 15.5. The lowest BCUT2D eigenvalue weighted by molar-refractivity contribution is -0.133. The molecule has 2 aliphatic heterocycles. The third-order valence-electron chi connectivity index (χ3n) is 5.95. The van der Waals surface area contributed by atoms with E-state index < -0.39 is 17.2 Å². The van der Waals surface area contributed by atoms with Crippen molar-refractivity contribution >= 4 is 22.9 Å². The summed E-state index contributed by atoms with van der Waals surface area (Å²) in [6.45, 7) is 0.112. The smallest absolute Gasteiger partial charge is 0.221 e. The van der Waals surface area contributed by atoms with Gasteiger partial charge >= 0.3 is 0 Å². The number of ketones is 2. The maximum Gasteiger partial charge on any atom is 0.221 e. The molecule has 5 rings (SSSR count). The van der Waals surface area contributed by atoms with E-state index in [1.165, 1.54) is 6.08 Å². The number of anilines is 2. The molecule has 160 valence electrons. The molecule has 3 aromatic carbocycles. The van der Waals surface area contributed by atoms with E-state index in [0.717, 1.165) is 22.3 Å². The molecule has 6 nitrogen and oxygen atoms in total. The van der Waals surface area contributed by atoms with E-state index in [1.54, 1.807) is 18.2 Å². The quantitative estimate of drug-likeness (QED) is 0.417. The number of Topliss-reactive ketones (excluding diaryl/α,β-unsaturated/α-hetero) is 1. The number of aryl methyl sites for hydroxylation is 1. The average Bonchev–Trinajstić information content (AvgIpc) is 2.80. The van der Waals surface area contributed by atoms with Crippen LogP contribution in [-0.2, 0) is 26.3 Å². The number of hydrogen-bond acceptors (Lipinski definition) is 6. The minimum Gasteiger partial charge on any atom is -0.456 e. The van der Waals surface area contributed by atoms with Gasteiger partial charge in [-0.2, -0.15) is 0 Å². The van der Waals surface area contributed by atoms with E-state index in [0.29, 0.717) is 29.3 Å². The van der Waals surface area contributed by atoms with Crippen LogP contribution in [0.5, 0.6) is 11.5 Å². The summed E-state index contributed by atoms with van der Waals surface area (Å²) >= 11 is 0. The molecule has 2 heterocycles. The lowest BCUT2D eigenvalue weighted by Gasteiger charge is -2.41. The second-order valence-electron chi connectivity index (χ2n) is 7.95. The van der Waals surface area contributed by atoms with Gasteiger partial charge in [-0.1, -0.05) is 30.3 Å². The van der Waals surface area contributed by atoms with Gasteiger partial charge in [0.1, 0.15) is 11.5 Å². The minimum absolute atomic E-state index is 0.112. The Morgan fingerprint density at radius 3 is 2.12 bits per heavy atom. The number of rotatable bonds is 0. The van der Waals surface area contributed by atoms with Crippen LogP contribution in [0.15, 0.2) is 72.8 Å². The topological polar surface area (TPSA) is 105 Å². The van der Waals surface area contributed by atoms with Crippen LogP contribution in [0.25, 0.3) is 0 Å². The molecule has 0 aliphatic carbocycles. The predicted molar refractivity (Wildman–Crippen MR) is 122 cm³/mol. The van der Waals surface area contributed by atoms with Gasteiger partial charge in [0, 0.05) is 41.1 Å². The molecule has 2 aliphatic rings. The molecule has 0 unspecified atom stereocenters. The van der Waals surface area contributed by atoms with Crippen molar-refractivity contribution in [3.63, 3.8) is 0 Å². The fourth-order valence-electron chi connectivity index (χ4n) is 4.49. The molecule has 0 radical (unpaired) electrons. The van der Waals surface area contributed by atoms with Crippen molar-refractivity contribution in [1.82, 2.24) is 0 Å². The van der Waals surface area contributed by atoms with Gasteiger partial charge < -0.3 is 20.9 Å². The van der Waals surface area contributed by atoms with E-state index in [-0.39, 0.29) is 13.0 Å². The molecule has 3 aromatic rings. The molecule has 6 heteroatoms. The summed E-state index contributed by atoms with van der Waals surface area (Å²) in [6.07, 6.45) is 3.41. The molecule has 1 spiro atoms. The fourth-order valence-corrected chi connectivity index (χ4v) is 4.49. The van der Waals surface area contributed by atoms with Gasteiger partial charge in [0.2, 0.25) is 11.6 Å². The van der Waals surface area contributed by atoms with Crippen LogP contribution in [0.2, 0.25) is 0 Å². The van der Waals surface area contributed by atoms with Crippen molar-refractivity contribution in [2.24, 2.45) is 0 Å². The van der Waals surface area contributed by atoms with Gasteiger partial charge in [0.05, 0.1) is 6.61 Å². The largest absolute Gasteiger partial charge is 0.456 e. The number of nitrogens with two attached hydrogens (primary N) is 2. The van der Waals surface area contributed by atoms with Crippen molar-refractivity contribution in [3.05, 3.63) is 95.1 Å². The number of benzene rings is 3. The van der Waals surface area contributed by atoms with Crippen molar-refractivity contribution in [2.45, 2.75) is 18.4 Å². The summed E-state index contributed by atoms with van der Waals surface area (Å²) in [5, 5.41) is 0. The van der Waals surface area contributed by atoms with E-state index in [4.69, 9.17) is 20.9 Å². The zero-order chi connectivity index (χ0) is 22.3. The van der Waals surface area contributed by atoms with Crippen LogP contribution in [-0.4, -0.2) is 18.2 Å². The standard InChI is InChI=1S/C26H22N2O4/c27-17-8-10-20-24(14-17)32-25-15-18(28)9-11-21(25)26(20)19-5-2-1-4-16(19)7-12-23(30)22(29)6-3-13-31-26/h1-6,8-11,14-15H,7,12-13,27-28H2/b6-3-. The number of carbonyl (C=O) groups excluding carboxylic acids is 2. The summed E-state index contributed by atoms with van der Waals surface area (Å²) in [5.74, 6) is 0.212. The monoisotopic (exact) mass is 426 g/mol. The zero-order valence-electron chi connectivity index (χ0n) is 17.3. The lowest BCUT2D eigenvalue weighted by atomic mass is 9.75. The molecule has 0 amide bonds. The first kappa shape index (κ1) is 20.0. The van der Waals surface area contributed by atoms with Gasteiger partial charge in [-0.05, 0) is 47.9 Å². The summed E-state index contributed by atoms with van der Waals surface area (Å²) in [5.41, 5.74) is 15.6. The summed E-state index contributed by atoms with van der Waals surface area (Å²) in [4.78, 5) is 24.5. The lowest BCUT2D eigenvalue weighted by Crippen LogP contribution is -2.37. The number of carbonyl (C=O) groups is 2. The van der Waals surface area contributed by atoms with Crippen molar-refractivity contribution in [3.8, 4) is 11.5 Å². The van der Waals surface area contributed by atoms with E-state index in [1.807, 2.05) is 48.5 Å². The second kappa shape index (κ2) is 7.66. The fraction of sp³-hybridized carbons (Fsp3) is 0.154. The molecule has 0 saturated carbocycles. The van der Waals surface area contributed by atoms with Gasteiger partial charge in [-0.3, -0.25) is 9.59 Å². The molecule has 0 aromatic heterocycles. The molecule has 0 atom stereocenters. The van der Waals surface area contributed by atoms with Gasteiger partial charge in [0.25, 0.3) is 0 Å². The Hall–Kier alpha value is -3.90. The highest BCUT2D eigenvalue weighted by Gasteiger charge is 2.46. The molecule has 4 N–H and O–H groups in total. The first-order valence-corrected chi connectivity index (χ1v) is 10.4. The van der Waals surface area contributed by atoms with Gasteiger partial charge in [-0.25, -0.2) is 0 Å². The highest BCUT2D eigenvalue weighted by atomic mass is 16.5. The van der Waals surface area contributed by atoms with Gasteiger partial charge in [-0.15, -0.1) is 0 Å². The Labute approximate surface area is 185 Å². The molecular formula is C26H22N2O4. The average molecular weight is 426 g/mol. The second-order valence-corrected chi connectivity index (χ2v) is 7.95. The normalized spacial score (nSPS) is 18.0. The Kier molecular flexibility index (Phi) is 4.79. The number of allylic oxidation sites excluding steroid dienone is 1. The van der Waals surface area contributed by atoms with Crippen molar-refractivity contribution < 1.29 is 19.1 Å². The number of hydrogen-bond donors (Lipinski definition) is 2. The predicted octanol–water partition coefficient (Wildman–Crippen LogP) is 3.91. The van der Waals surface area contributed by atoms with Crippen molar-refractivity contribution in [1.29, 1.82) is 0 Å². The van der Waals surface area contributed by atoms with Crippen LogP contribution in [0.4, 0.5) is 11.4 Å². The Morgan fingerprint density at radius 2 is 1.44 bits per heavy atom. The van der Waals surface area contributed by atoms with Crippen LogP contribution in [0.3, 0.4) is 0 Å². The minimum atomic E-state index is -1.04. The number of nitrogen functional groups attached to an aromatic ring is 2. The molecule has 0 saturated heterocycles. The summed E-state index contributed by atoms with van der Waals surface area (Å²) < 4.78 is 12.8. The van der Waals surface area contributed by atoms with E-state index in [2.05, 4.69) is 0 Å². The number of fused-ring (bicyclic) bond motifs is 6. The molecule has 32 heavy (non-hydrogen) atoms. The summed E-state index contributed by atoms with van der Waals surface area (Å²) in [6, 6.07) is 18.8. The van der Waals surface area contributed by atoms with E-state index in [9.17, 15) is 9.59 Å². The maximum atomic E-state index is 12.3. The SMILES string of the molecule is Nc1ccc2c(c1)Oc1cc(N)ccc1C21OC/C=C\C(=O)C(=O)CCc2ccccc21. The third kappa shape index (κ3) is 3.16. The van der Waals surface area contributed by atoms with E-state index >= 15 is 0 Å². The van der Waals surface area contributed by atoms with Gasteiger partial charge in [0.15, 0.2) is 5.60 Å². The Bertz CT molecular complexity index is 1230. The van der Waals surface area contributed by atoms with Crippen LogP contribution in [0, 0.1) is 0 Å². The molecular weight excluding hydrogens is 404 g/mol.